The number of carbonyl (C=O) groups excluding carboxylic acids is 3. The lowest BCUT2D eigenvalue weighted by Crippen LogP contribution is -2.53. The minimum absolute atomic E-state index is 0.0270. The molecular weight excluding hydrogens is 738 g/mol. The van der Waals surface area contributed by atoms with E-state index in [1.54, 1.807) is 4.90 Å². The zero-order valence-corrected chi connectivity index (χ0v) is 31.9. The van der Waals surface area contributed by atoms with Crippen molar-refractivity contribution in [3.05, 3.63) is 83.4 Å². The lowest BCUT2D eigenvalue weighted by Gasteiger charge is -2.43. The minimum Gasteiger partial charge on any atom is -0.396 e. The molecule has 0 unspecified atom stereocenters. The second-order valence-corrected chi connectivity index (χ2v) is 15.8. The highest BCUT2D eigenvalue weighted by atomic mass is 19.4. The molecule has 3 N–H and O–H groups in total. The van der Waals surface area contributed by atoms with Gasteiger partial charge in [-0.15, -0.1) is 0 Å². The van der Waals surface area contributed by atoms with Crippen LogP contribution in [0.2, 0.25) is 0 Å². The van der Waals surface area contributed by atoms with Gasteiger partial charge in [-0.1, -0.05) is 18.2 Å². The first-order valence-corrected chi connectivity index (χ1v) is 20.1. The summed E-state index contributed by atoms with van der Waals surface area (Å²) in [6, 6.07) is 18.8. The molecule has 57 heavy (non-hydrogen) atoms. The second kappa shape index (κ2) is 16.5. The number of likely N-dealkylation sites (tertiary alicyclic amines) is 1. The molecule has 8 rings (SSSR count). The van der Waals surface area contributed by atoms with Gasteiger partial charge in [0.05, 0.1) is 16.6 Å². The average Bonchev–Trinajstić information content (AvgIpc) is 3.58. The number of nitrogens with zero attached hydrogens (tertiary/aromatic N) is 6. The largest absolute Gasteiger partial charge is 0.416 e. The maximum Gasteiger partial charge on any atom is 0.416 e. The van der Waals surface area contributed by atoms with Crippen LogP contribution >= 0.6 is 0 Å². The Hall–Kier alpha value is -4.99. The van der Waals surface area contributed by atoms with Crippen molar-refractivity contribution in [2.75, 3.05) is 67.5 Å². The number of fused-ring (bicyclic) bond motifs is 1. The lowest BCUT2D eigenvalue weighted by atomic mass is 9.86. The third-order valence-electron chi connectivity index (χ3n) is 12.3. The number of carbonyl (C=O) groups is 3. The number of halogens is 3. The van der Waals surface area contributed by atoms with Crippen molar-refractivity contribution >= 4 is 46.2 Å². The zero-order chi connectivity index (χ0) is 39.7. The first kappa shape index (κ1) is 38.9. The van der Waals surface area contributed by atoms with E-state index in [9.17, 15) is 32.7 Å². The van der Waals surface area contributed by atoms with E-state index in [0.717, 1.165) is 113 Å². The molecule has 1 saturated carbocycles. The Morgan fingerprint density at radius 3 is 2.23 bits per heavy atom. The van der Waals surface area contributed by atoms with Crippen molar-refractivity contribution in [3.8, 4) is 0 Å². The Labute approximate surface area is 329 Å². The molecule has 4 amide bonds. The number of imide groups is 1. The maximum atomic E-state index is 13.4. The Kier molecular flexibility index (Phi) is 11.2. The van der Waals surface area contributed by atoms with Crippen LogP contribution in [0.3, 0.4) is 0 Å². The average molecular weight is 787 g/mol. The van der Waals surface area contributed by atoms with Gasteiger partial charge >= 0.3 is 12.2 Å². The number of urea groups is 1. The number of hydrogen-bond donors (Lipinski definition) is 3. The van der Waals surface area contributed by atoms with Crippen LogP contribution in [0.5, 0.6) is 0 Å². The summed E-state index contributed by atoms with van der Waals surface area (Å²) in [7, 11) is 0. The molecule has 3 aliphatic heterocycles. The van der Waals surface area contributed by atoms with E-state index >= 15 is 0 Å². The molecule has 3 aromatic carbocycles. The number of nitrogens with one attached hydrogen (secondary N) is 2. The fraction of sp³-hybridized carbons (Fsp3) is 0.476. The summed E-state index contributed by atoms with van der Waals surface area (Å²) >= 11 is 0. The number of rotatable bonds is 9. The van der Waals surface area contributed by atoms with Gasteiger partial charge in [-0.3, -0.25) is 34.9 Å². The molecule has 4 heterocycles. The van der Waals surface area contributed by atoms with E-state index in [4.69, 9.17) is 4.98 Å². The number of piperidine rings is 1. The normalized spacial score (nSPS) is 21.9. The van der Waals surface area contributed by atoms with E-state index in [1.165, 1.54) is 17.7 Å². The molecule has 12 nitrogen and oxygen atoms in total. The summed E-state index contributed by atoms with van der Waals surface area (Å²) in [6.45, 7) is 7.02. The van der Waals surface area contributed by atoms with Crippen LogP contribution in [-0.2, 0) is 17.5 Å². The molecule has 0 atom stereocenters. The Morgan fingerprint density at radius 1 is 0.825 bits per heavy atom. The summed E-state index contributed by atoms with van der Waals surface area (Å²) < 4.78 is 42.3. The van der Waals surface area contributed by atoms with Crippen LogP contribution in [-0.4, -0.2) is 101 Å². The number of piperazine rings is 1. The van der Waals surface area contributed by atoms with Gasteiger partial charge in [0, 0.05) is 81.3 Å². The van der Waals surface area contributed by atoms with Crippen LogP contribution in [0.25, 0.3) is 11.0 Å². The van der Waals surface area contributed by atoms with E-state index in [1.807, 2.05) is 28.8 Å². The number of aromatic nitrogens is 2. The fourth-order valence-electron chi connectivity index (χ4n) is 8.98. The van der Waals surface area contributed by atoms with Crippen molar-refractivity contribution in [1.82, 2.24) is 24.7 Å². The Bertz CT molecular complexity index is 2080. The smallest absolute Gasteiger partial charge is 0.396 e. The molecule has 3 saturated heterocycles. The minimum atomic E-state index is -4.56. The van der Waals surface area contributed by atoms with Gasteiger partial charge in [-0.05, 0) is 112 Å². The fourth-order valence-corrected chi connectivity index (χ4v) is 8.98. The molecule has 4 aromatic rings. The van der Waals surface area contributed by atoms with Gasteiger partial charge < -0.3 is 14.6 Å². The molecule has 15 heteroatoms. The standard InChI is InChI=1S/C42H49F3N8O4/c43-42(44,45)31-3-1-2-30(24-31)39(56)48-40-46-36-25-35(12-13-37(36)53(40)34-10-6-29(27-54)7-11-34)51-22-20-50(21-23-51)32-14-17-49(18-15-32)26-28-4-8-33(9-5-28)52-19-16-38(55)47-41(52)57/h1-5,8-9,12-13,24-25,29,32,34,54H,6-7,10-11,14-23,26-27H2,(H,46,48,56)(H,47,55,57). The highest BCUT2D eigenvalue weighted by Gasteiger charge is 2.33. The molecular formula is C42H49F3N8O4. The highest BCUT2D eigenvalue weighted by molar-refractivity contribution is 6.06. The van der Waals surface area contributed by atoms with Crippen molar-refractivity contribution in [2.24, 2.45) is 5.92 Å². The van der Waals surface area contributed by atoms with Gasteiger partial charge in [-0.25, -0.2) is 9.78 Å². The van der Waals surface area contributed by atoms with Gasteiger partial charge in [0.1, 0.15) is 0 Å². The van der Waals surface area contributed by atoms with E-state index in [-0.39, 0.29) is 36.1 Å². The van der Waals surface area contributed by atoms with Crippen LogP contribution in [0.15, 0.2) is 66.7 Å². The highest BCUT2D eigenvalue weighted by Crippen LogP contribution is 2.38. The Balaban J connectivity index is 0.887. The SMILES string of the molecule is O=C1CCN(c2ccc(CN3CCC(N4CCN(c5ccc6c(c5)nc(NC(=O)c5cccc(C(F)(F)F)c5)n6C5CCC(CO)CC5)CC4)CC3)cc2)C(=O)N1. The van der Waals surface area contributed by atoms with Crippen molar-refractivity contribution in [2.45, 2.75) is 69.8 Å². The molecule has 4 aliphatic rings. The predicted molar refractivity (Wildman–Crippen MR) is 211 cm³/mol. The number of anilines is 3. The third-order valence-corrected chi connectivity index (χ3v) is 12.3. The van der Waals surface area contributed by atoms with Crippen molar-refractivity contribution in [3.63, 3.8) is 0 Å². The molecule has 4 fully saturated rings. The number of imidazole rings is 1. The molecule has 1 aliphatic carbocycles. The maximum absolute atomic E-state index is 13.4. The monoisotopic (exact) mass is 786 g/mol. The van der Waals surface area contributed by atoms with Crippen molar-refractivity contribution < 1.29 is 32.7 Å². The van der Waals surface area contributed by atoms with E-state index < -0.39 is 17.6 Å². The topological polar surface area (TPSA) is 126 Å². The summed E-state index contributed by atoms with van der Waals surface area (Å²) in [6.07, 6.45) is 1.20. The number of aliphatic hydroxyl groups is 1. The molecule has 0 bridgehead atoms. The summed E-state index contributed by atoms with van der Waals surface area (Å²) in [5, 5.41) is 14.9. The molecule has 302 valence electrons. The zero-order valence-electron chi connectivity index (χ0n) is 31.9. The van der Waals surface area contributed by atoms with E-state index in [0.29, 0.717) is 30.5 Å². The number of benzene rings is 3. The van der Waals surface area contributed by atoms with Crippen LogP contribution in [0.4, 0.5) is 35.3 Å². The summed E-state index contributed by atoms with van der Waals surface area (Å²) in [5.41, 5.74) is 3.63. The lowest BCUT2D eigenvalue weighted by molar-refractivity contribution is -0.137. The van der Waals surface area contributed by atoms with Gasteiger partial charge in [0.15, 0.2) is 0 Å². The first-order chi connectivity index (χ1) is 27.5. The van der Waals surface area contributed by atoms with E-state index in [2.05, 4.69) is 43.5 Å². The number of amides is 4. The van der Waals surface area contributed by atoms with Crippen molar-refractivity contribution in [1.29, 1.82) is 0 Å². The molecule has 0 radical (unpaired) electrons. The number of aliphatic hydroxyl groups excluding tert-OH is 1. The number of hydrogen-bond acceptors (Lipinski definition) is 8. The molecule has 0 spiro atoms. The first-order valence-electron chi connectivity index (χ1n) is 20.1. The summed E-state index contributed by atoms with van der Waals surface area (Å²) in [4.78, 5) is 51.0. The second-order valence-electron chi connectivity index (χ2n) is 15.8. The number of alkyl halides is 3. The van der Waals surface area contributed by atoms with Crippen LogP contribution in [0, 0.1) is 5.92 Å². The van der Waals surface area contributed by atoms with Gasteiger partial charge in [0.2, 0.25) is 11.9 Å². The summed E-state index contributed by atoms with van der Waals surface area (Å²) in [5.74, 6) is -0.343. The van der Waals surface area contributed by atoms with Gasteiger partial charge in [-0.2, -0.15) is 13.2 Å². The van der Waals surface area contributed by atoms with Gasteiger partial charge in [0.25, 0.3) is 5.91 Å². The third kappa shape index (κ3) is 8.65. The van der Waals surface area contributed by atoms with Crippen LogP contribution in [0.1, 0.15) is 72.5 Å². The quantitative estimate of drug-likeness (QED) is 0.182. The predicted octanol–water partition coefficient (Wildman–Crippen LogP) is 6.26. The molecule has 1 aromatic heterocycles. The van der Waals surface area contributed by atoms with Crippen LogP contribution < -0.4 is 20.4 Å². The Morgan fingerprint density at radius 2 is 1.54 bits per heavy atom.